The minimum absolute atomic E-state index is 0.311. The first-order valence-corrected chi connectivity index (χ1v) is 6.93. The number of hydrogen-bond donors (Lipinski definition) is 1. The molecule has 0 spiro atoms. The van der Waals surface area contributed by atoms with Gasteiger partial charge in [-0.2, -0.15) is 0 Å². The van der Waals surface area contributed by atoms with E-state index in [1.807, 2.05) is 42.5 Å². The Morgan fingerprint density at radius 1 is 1.20 bits per heavy atom. The number of fused-ring (bicyclic) bond motifs is 1. The first kappa shape index (κ1) is 12.9. The summed E-state index contributed by atoms with van der Waals surface area (Å²) in [5.41, 5.74) is 7.33. The second-order valence-corrected chi connectivity index (χ2v) is 5.01. The predicted octanol–water partition coefficient (Wildman–Crippen LogP) is 2.64. The zero-order chi connectivity index (χ0) is 13.9. The van der Waals surface area contributed by atoms with Crippen LogP contribution in [0.2, 0.25) is 0 Å². The van der Waals surface area contributed by atoms with Crippen LogP contribution in [0.1, 0.15) is 12.1 Å². The molecule has 3 rings (SSSR count). The smallest absolute Gasteiger partial charge is 0.142 e. The number of para-hydroxylation sites is 2. The van der Waals surface area contributed by atoms with Crippen molar-refractivity contribution < 1.29 is 4.74 Å². The number of benzene rings is 1. The molecule has 2 aromatic rings. The van der Waals surface area contributed by atoms with E-state index in [0.717, 1.165) is 30.2 Å². The third kappa shape index (κ3) is 2.44. The van der Waals surface area contributed by atoms with Gasteiger partial charge in [0, 0.05) is 6.54 Å². The maximum absolute atomic E-state index is 5.76. The van der Waals surface area contributed by atoms with Crippen molar-refractivity contribution in [1.29, 1.82) is 0 Å². The van der Waals surface area contributed by atoms with Crippen LogP contribution in [-0.2, 0) is 0 Å². The molecule has 0 aliphatic carbocycles. The summed E-state index contributed by atoms with van der Waals surface area (Å²) < 4.78 is 5.76. The van der Waals surface area contributed by atoms with Crippen LogP contribution in [0.3, 0.4) is 0 Å². The maximum Gasteiger partial charge on any atom is 0.142 e. The van der Waals surface area contributed by atoms with Gasteiger partial charge in [-0.25, -0.2) is 4.98 Å². The van der Waals surface area contributed by atoms with Crippen molar-refractivity contribution in [3.05, 3.63) is 48.2 Å². The van der Waals surface area contributed by atoms with E-state index in [0.29, 0.717) is 17.3 Å². The van der Waals surface area contributed by atoms with Gasteiger partial charge in [0.05, 0.1) is 18.0 Å². The molecule has 1 aliphatic rings. The number of pyridine rings is 1. The quantitative estimate of drug-likeness (QED) is 0.860. The summed E-state index contributed by atoms with van der Waals surface area (Å²) in [5, 5.41) is 0. The zero-order valence-corrected chi connectivity index (χ0v) is 11.8. The highest BCUT2D eigenvalue weighted by atomic mass is 32.1. The van der Waals surface area contributed by atoms with E-state index in [1.165, 1.54) is 0 Å². The van der Waals surface area contributed by atoms with Gasteiger partial charge in [-0.05, 0) is 30.7 Å². The molecular weight excluding hydrogens is 270 g/mol. The maximum atomic E-state index is 5.76. The molecule has 4 nitrogen and oxygen atoms in total. The van der Waals surface area contributed by atoms with Gasteiger partial charge in [0.2, 0.25) is 0 Å². The van der Waals surface area contributed by atoms with Crippen molar-refractivity contribution in [2.75, 3.05) is 18.1 Å². The van der Waals surface area contributed by atoms with Gasteiger partial charge in [0.1, 0.15) is 16.6 Å². The Bertz CT molecular complexity index is 645. The molecule has 2 N–H and O–H groups in total. The van der Waals surface area contributed by atoms with Crippen LogP contribution in [0.5, 0.6) is 5.75 Å². The van der Waals surface area contributed by atoms with Gasteiger partial charge in [-0.1, -0.05) is 30.4 Å². The number of hydrogen-bond acceptors (Lipinski definition) is 4. The van der Waals surface area contributed by atoms with Crippen LogP contribution in [-0.4, -0.2) is 23.1 Å². The highest BCUT2D eigenvalue weighted by Gasteiger charge is 2.18. The molecule has 0 saturated carbocycles. The number of nitrogens with zero attached hydrogens (tertiary/aromatic N) is 2. The molecule has 1 aromatic carbocycles. The van der Waals surface area contributed by atoms with Crippen LogP contribution in [0.15, 0.2) is 42.5 Å². The number of anilines is 2. The van der Waals surface area contributed by atoms with E-state index in [-0.39, 0.29) is 0 Å². The second kappa shape index (κ2) is 5.46. The summed E-state index contributed by atoms with van der Waals surface area (Å²) in [6.45, 7) is 1.56. The molecule has 0 bridgehead atoms. The molecule has 1 aliphatic heterocycles. The minimum Gasteiger partial charge on any atom is -0.491 e. The Labute approximate surface area is 123 Å². The van der Waals surface area contributed by atoms with Gasteiger partial charge in [-0.3, -0.25) is 0 Å². The Hall–Kier alpha value is -2.14. The van der Waals surface area contributed by atoms with Crippen LogP contribution >= 0.6 is 12.2 Å². The molecule has 102 valence electrons. The summed E-state index contributed by atoms with van der Waals surface area (Å²) in [4.78, 5) is 6.99. The van der Waals surface area contributed by atoms with Gasteiger partial charge < -0.3 is 15.4 Å². The fourth-order valence-corrected chi connectivity index (χ4v) is 2.39. The topological polar surface area (TPSA) is 51.4 Å². The average molecular weight is 285 g/mol. The molecule has 0 amide bonds. The monoisotopic (exact) mass is 285 g/mol. The standard InChI is InChI=1S/C15H15N3OS/c16-15(20)11-5-3-8-14(17-11)18-9-4-10-19-13-7-2-1-6-12(13)18/h1-3,5-8H,4,9-10H2,(H2,16,20). The number of thiocarbonyl (C=S) groups is 1. The highest BCUT2D eigenvalue weighted by Crippen LogP contribution is 2.34. The molecule has 5 heteroatoms. The van der Waals surface area contributed by atoms with Gasteiger partial charge in [0.25, 0.3) is 0 Å². The fourth-order valence-electron chi connectivity index (χ4n) is 2.28. The van der Waals surface area contributed by atoms with Crippen molar-refractivity contribution in [1.82, 2.24) is 4.98 Å². The molecule has 0 unspecified atom stereocenters. The third-order valence-corrected chi connectivity index (χ3v) is 3.41. The van der Waals surface area contributed by atoms with Gasteiger partial charge in [-0.15, -0.1) is 0 Å². The largest absolute Gasteiger partial charge is 0.491 e. The molecular formula is C15H15N3OS. The van der Waals surface area contributed by atoms with E-state index in [1.54, 1.807) is 0 Å². The van der Waals surface area contributed by atoms with Crippen molar-refractivity contribution in [2.45, 2.75) is 6.42 Å². The van der Waals surface area contributed by atoms with Crippen molar-refractivity contribution in [3.8, 4) is 5.75 Å². The lowest BCUT2D eigenvalue weighted by Gasteiger charge is -2.23. The lowest BCUT2D eigenvalue weighted by molar-refractivity contribution is 0.322. The normalized spacial score (nSPS) is 14.1. The Morgan fingerprint density at radius 2 is 2.05 bits per heavy atom. The van der Waals surface area contributed by atoms with E-state index in [9.17, 15) is 0 Å². The lowest BCUT2D eigenvalue weighted by Crippen LogP contribution is -2.20. The summed E-state index contributed by atoms with van der Waals surface area (Å²) in [6, 6.07) is 13.7. The predicted molar refractivity (Wildman–Crippen MR) is 83.7 cm³/mol. The number of nitrogens with two attached hydrogens (primary N) is 1. The number of ether oxygens (including phenoxy) is 1. The first-order valence-electron chi connectivity index (χ1n) is 6.52. The van der Waals surface area contributed by atoms with E-state index < -0.39 is 0 Å². The lowest BCUT2D eigenvalue weighted by atomic mass is 10.2. The van der Waals surface area contributed by atoms with Crippen LogP contribution < -0.4 is 15.4 Å². The Kier molecular flexibility index (Phi) is 3.52. The third-order valence-electron chi connectivity index (χ3n) is 3.20. The molecule has 1 aromatic heterocycles. The summed E-state index contributed by atoms with van der Waals surface area (Å²) in [6.07, 6.45) is 0.938. The Balaban J connectivity index is 2.05. The van der Waals surface area contributed by atoms with Crippen LogP contribution in [0, 0.1) is 0 Å². The molecule has 20 heavy (non-hydrogen) atoms. The van der Waals surface area contributed by atoms with E-state index in [4.69, 9.17) is 22.7 Å². The summed E-state index contributed by atoms with van der Waals surface area (Å²) in [7, 11) is 0. The average Bonchev–Trinajstić information content (AvgIpc) is 2.69. The zero-order valence-electron chi connectivity index (χ0n) is 11.0. The highest BCUT2D eigenvalue weighted by molar-refractivity contribution is 7.80. The van der Waals surface area contributed by atoms with Crippen molar-refractivity contribution in [3.63, 3.8) is 0 Å². The molecule has 0 radical (unpaired) electrons. The Morgan fingerprint density at radius 3 is 2.90 bits per heavy atom. The van der Waals surface area contributed by atoms with Crippen molar-refractivity contribution in [2.24, 2.45) is 5.73 Å². The van der Waals surface area contributed by atoms with E-state index in [2.05, 4.69) is 9.88 Å². The molecule has 0 saturated heterocycles. The summed E-state index contributed by atoms with van der Waals surface area (Å²) in [5.74, 6) is 1.72. The van der Waals surface area contributed by atoms with Crippen LogP contribution in [0.25, 0.3) is 0 Å². The number of rotatable bonds is 2. The molecule has 0 fully saturated rings. The minimum atomic E-state index is 0.311. The first-order chi connectivity index (χ1) is 9.75. The van der Waals surface area contributed by atoms with Gasteiger partial charge in [0.15, 0.2) is 0 Å². The fraction of sp³-hybridized carbons (Fsp3) is 0.200. The summed E-state index contributed by atoms with van der Waals surface area (Å²) >= 11 is 5.00. The second-order valence-electron chi connectivity index (χ2n) is 4.57. The van der Waals surface area contributed by atoms with Gasteiger partial charge >= 0.3 is 0 Å². The molecule has 0 atom stereocenters. The van der Waals surface area contributed by atoms with Crippen molar-refractivity contribution >= 4 is 28.7 Å². The number of aromatic nitrogens is 1. The SMILES string of the molecule is NC(=S)c1cccc(N2CCCOc3ccccc32)n1. The van der Waals surface area contributed by atoms with Crippen LogP contribution in [0.4, 0.5) is 11.5 Å². The molecule has 2 heterocycles. The van der Waals surface area contributed by atoms with E-state index >= 15 is 0 Å².